The number of aromatic nitrogens is 4. The zero-order valence-corrected chi connectivity index (χ0v) is 15.6. The average molecular weight is 405 g/mol. The molecule has 1 saturated heterocycles. The summed E-state index contributed by atoms with van der Waals surface area (Å²) in [6.07, 6.45) is -4.06. The number of hydrogen-bond acceptors (Lipinski definition) is 9. The van der Waals surface area contributed by atoms with Gasteiger partial charge in [-0.15, -0.1) is 0 Å². The summed E-state index contributed by atoms with van der Waals surface area (Å²) in [5, 5.41) is 20.4. The average Bonchev–Trinajstić information content (AvgIpc) is 3.10. The minimum Gasteiger partial charge on any atom is -0.387 e. The van der Waals surface area contributed by atoms with E-state index in [9.17, 15) is 19.6 Å². The van der Waals surface area contributed by atoms with E-state index in [1.54, 1.807) is 26.0 Å². The molecule has 0 unspecified atom stereocenters. The summed E-state index contributed by atoms with van der Waals surface area (Å²) in [4.78, 5) is 40.0. The van der Waals surface area contributed by atoms with Gasteiger partial charge in [0.25, 0.3) is 5.56 Å². The molecule has 0 aliphatic carbocycles. The zero-order valence-electron chi connectivity index (χ0n) is 14.7. The molecule has 14 heteroatoms. The van der Waals surface area contributed by atoms with Crippen LogP contribution in [0.15, 0.2) is 11.1 Å². The Bertz CT molecular complexity index is 952. The number of rotatable bonds is 5. The highest BCUT2D eigenvalue weighted by molar-refractivity contribution is 7.46. The van der Waals surface area contributed by atoms with Crippen molar-refractivity contribution in [3.8, 4) is 0 Å². The Morgan fingerprint density at radius 3 is 2.59 bits per heavy atom. The van der Waals surface area contributed by atoms with Crippen LogP contribution in [0.4, 0.5) is 5.95 Å². The van der Waals surface area contributed by atoms with E-state index in [4.69, 9.17) is 14.5 Å². The van der Waals surface area contributed by atoms with E-state index in [2.05, 4.69) is 14.5 Å². The van der Waals surface area contributed by atoms with Crippen LogP contribution >= 0.6 is 7.82 Å². The Balaban J connectivity index is 1.98. The number of anilines is 1. The molecule has 2 aromatic heterocycles. The van der Waals surface area contributed by atoms with Gasteiger partial charge < -0.3 is 29.6 Å². The first-order chi connectivity index (χ1) is 12.5. The molecule has 2 aromatic rings. The van der Waals surface area contributed by atoms with Crippen molar-refractivity contribution in [1.29, 1.82) is 0 Å². The molecule has 150 valence electrons. The van der Waals surface area contributed by atoms with Gasteiger partial charge in [0.05, 0.1) is 12.9 Å². The number of aliphatic hydroxyl groups is 2. The monoisotopic (exact) mass is 405 g/mol. The number of fused-ring (bicyclic) bond motifs is 1. The van der Waals surface area contributed by atoms with Crippen molar-refractivity contribution in [2.24, 2.45) is 7.05 Å². The first-order valence-electron chi connectivity index (χ1n) is 7.84. The molecule has 0 bridgehead atoms. The van der Waals surface area contributed by atoms with Crippen molar-refractivity contribution < 1.29 is 33.8 Å². The highest BCUT2D eigenvalue weighted by Crippen LogP contribution is 2.38. The Labute approximate surface area is 152 Å². The molecule has 4 atom stereocenters. The third-order valence-corrected chi connectivity index (χ3v) is 4.68. The topological polar surface area (TPSA) is 172 Å². The van der Waals surface area contributed by atoms with Crippen LogP contribution in [-0.2, 0) is 20.9 Å². The normalized spacial score (nSPS) is 26.0. The smallest absolute Gasteiger partial charge is 0.387 e. The van der Waals surface area contributed by atoms with Crippen LogP contribution in [0.5, 0.6) is 0 Å². The molecule has 3 heterocycles. The molecular weight excluding hydrogens is 385 g/mol. The second-order valence-electron chi connectivity index (χ2n) is 6.33. The lowest BCUT2D eigenvalue weighted by atomic mass is 10.1. The molecule has 0 radical (unpaired) electrons. The van der Waals surface area contributed by atoms with E-state index in [1.807, 2.05) is 0 Å². The van der Waals surface area contributed by atoms with E-state index in [1.165, 1.54) is 15.5 Å². The maximum absolute atomic E-state index is 12.5. The van der Waals surface area contributed by atoms with Gasteiger partial charge in [0.15, 0.2) is 17.4 Å². The molecule has 1 fully saturated rings. The Morgan fingerprint density at radius 1 is 1.33 bits per heavy atom. The van der Waals surface area contributed by atoms with Gasteiger partial charge in [0, 0.05) is 21.1 Å². The predicted octanol–water partition coefficient (Wildman–Crippen LogP) is -2.08. The van der Waals surface area contributed by atoms with Gasteiger partial charge >= 0.3 is 7.82 Å². The summed E-state index contributed by atoms with van der Waals surface area (Å²) in [6.45, 7) is -0.635. The van der Waals surface area contributed by atoms with E-state index >= 15 is 0 Å². The molecule has 3 rings (SSSR count). The summed E-state index contributed by atoms with van der Waals surface area (Å²) in [6, 6.07) is 0. The van der Waals surface area contributed by atoms with Crippen LogP contribution in [0.2, 0.25) is 0 Å². The van der Waals surface area contributed by atoms with Crippen molar-refractivity contribution in [1.82, 2.24) is 19.1 Å². The summed E-state index contributed by atoms with van der Waals surface area (Å²) < 4.78 is 23.3. The van der Waals surface area contributed by atoms with Crippen molar-refractivity contribution in [2.45, 2.75) is 24.5 Å². The molecule has 1 aliphatic heterocycles. The lowest BCUT2D eigenvalue weighted by Gasteiger charge is -2.18. The van der Waals surface area contributed by atoms with Crippen molar-refractivity contribution in [2.75, 3.05) is 25.6 Å². The lowest BCUT2D eigenvalue weighted by molar-refractivity contribution is -0.0504. The van der Waals surface area contributed by atoms with Crippen molar-refractivity contribution in [3.63, 3.8) is 0 Å². The Morgan fingerprint density at radius 2 is 2.00 bits per heavy atom. The standard InChI is InChI=1S/C13H20N5O8P/c1-16(2)13-15-10-7(11(21)17(13)3)14-5-18(10)12-9(20)8(19)6(26-12)4-25-27(22,23)24/h5-6,8-9,12,19-20H,4H2,1-3H3,(H2,22,23,24)/t6-,8-,9-,12-/m1/s1. The molecule has 13 nitrogen and oxygen atoms in total. The third kappa shape index (κ3) is 3.62. The quantitative estimate of drug-likeness (QED) is 0.402. The number of hydrogen-bond donors (Lipinski definition) is 4. The van der Waals surface area contributed by atoms with Crippen LogP contribution in [0.25, 0.3) is 11.2 Å². The van der Waals surface area contributed by atoms with Gasteiger partial charge in [-0.1, -0.05) is 0 Å². The first kappa shape index (κ1) is 19.9. The molecule has 0 aromatic carbocycles. The highest BCUT2D eigenvalue weighted by atomic mass is 31.2. The predicted molar refractivity (Wildman–Crippen MR) is 91.0 cm³/mol. The molecule has 0 saturated carbocycles. The van der Waals surface area contributed by atoms with Crippen molar-refractivity contribution >= 4 is 24.9 Å². The Kier molecular flexibility index (Phi) is 5.12. The maximum Gasteiger partial charge on any atom is 0.469 e. The fourth-order valence-corrected chi connectivity index (χ4v) is 3.23. The SMILES string of the molecule is CN(C)c1nc2c(ncn2[C@@H]2O[C@H](COP(=O)(O)O)[C@@H](O)[C@H]2O)c(=O)n1C. The minimum absolute atomic E-state index is 0.0447. The second kappa shape index (κ2) is 6.95. The number of imidazole rings is 1. The van der Waals surface area contributed by atoms with E-state index in [0.29, 0.717) is 5.95 Å². The van der Waals surface area contributed by atoms with Gasteiger partial charge in [-0.2, -0.15) is 4.98 Å². The van der Waals surface area contributed by atoms with E-state index < -0.39 is 44.5 Å². The van der Waals surface area contributed by atoms with Gasteiger partial charge in [0.1, 0.15) is 18.3 Å². The number of phosphoric ester groups is 1. The summed E-state index contributed by atoms with van der Waals surface area (Å²) in [5.41, 5.74) is -0.227. The van der Waals surface area contributed by atoms with Gasteiger partial charge in [-0.3, -0.25) is 18.5 Å². The number of ether oxygens (including phenoxy) is 1. The summed E-state index contributed by atoms with van der Waals surface area (Å²) >= 11 is 0. The van der Waals surface area contributed by atoms with Gasteiger partial charge in [-0.05, 0) is 0 Å². The molecule has 27 heavy (non-hydrogen) atoms. The molecule has 0 amide bonds. The Hall–Kier alpha value is -1.86. The van der Waals surface area contributed by atoms with Crippen LogP contribution in [0.1, 0.15) is 6.23 Å². The third-order valence-electron chi connectivity index (χ3n) is 4.20. The van der Waals surface area contributed by atoms with Gasteiger partial charge in [0.2, 0.25) is 5.95 Å². The van der Waals surface area contributed by atoms with Crippen LogP contribution < -0.4 is 10.5 Å². The maximum atomic E-state index is 12.5. The summed E-state index contributed by atoms with van der Waals surface area (Å²) in [5.74, 6) is 0.337. The van der Waals surface area contributed by atoms with Crippen molar-refractivity contribution in [3.05, 3.63) is 16.7 Å². The number of phosphoric acid groups is 1. The summed E-state index contributed by atoms with van der Waals surface area (Å²) in [7, 11) is 0.184. The second-order valence-corrected chi connectivity index (χ2v) is 7.57. The van der Waals surface area contributed by atoms with Crippen LogP contribution in [0.3, 0.4) is 0 Å². The number of aliphatic hydroxyl groups excluding tert-OH is 2. The highest BCUT2D eigenvalue weighted by Gasteiger charge is 2.45. The minimum atomic E-state index is -4.77. The zero-order chi connectivity index (χ0) is 20.1. The van der Waals surface area contributed by atoms with E-state index in [-0.39, 0.29) is 11.2 Å². The molecule has 4 N–H and O–H groups in total. The fourth-order valence-electron chi connectivity index (χ4n) is 2.89. The fraction of sp³-hybridized carbons (Fsp3) is 0.615. The molecular formula is C13H20N5O8P. The molecule has 1 aliphatic rings. The van der Waals surface area contributed by atoms with Crippen LogP contribution in [-0.4, -0.2) is 78.1 Å². The van der Waals surface area contributed by atoms with E-state index in [0.717, 1.165) is 0 Å². The van der Waals surface area contributed by atoms with Gasteiger partial charge in [-0.25, -0.2) is 9.55 Å². The lowest BCUT2D eigenvalue weighted by Crippen LogP contribution is -2.33. The largest absolute Gasteiger partial charge is 0.469 e. The first-order valence-corrected chi connectivity index (χ1v) is 9.37. The number of nitrogens with zero attached hydrogens (tertiary/aromatic N) is 5. The molecule has 0 spiro atoms. The van der Waals surface area contributed by atoms with Crippen LogP contribution in [0, 0.1) is 0 Å².